The minimum Gasteiger partial charge on any atom is -0.483 e. The standard InChI is InChI=1S/C21H28N2O2/c1-4-17(2)19-12-8-9-13-20(19)25-16-21(24)22-14-15-23(3)18-10-6-5-7-11-18/h5-13,17H,4,14-16H2,1-3H3,(H,22,24). The minimum absolute atomic E-state index is 0.0441. The number of nitrogens with zero attached hydrogens (tertiary/aromatic N) is 1. The van der Waals surface area contributed by atoms with Gasteiger partial charge in [-0.25, -0.2) is 0 Å². The van der Waals surface area contributed by atoms with Crippen molar-refractivity contribution in [3.63, 3.8) is 0 Å². The fourth-order valence-corrected chi connectivity index (χ4v) is 2.61. The molecule has 1 N–H and O–H groups in total. The second-order valence-corrected chi connectivity index (χ2v) is 6.24. The summed E-state index contributed by atoms with van der Waals surface area (Å²) >= 11 is 0. The van der Waals surface area contributed by atoms with Crippen molar-refractivity contribution in [1.29, 1.82) is 0 Å². The molecule has 2 aromatic carbocycles. The average molecular weight is 340 g/mol. The summed E-state index contributed by atoms with van der Waals surface area (Å²) in [6, 6.07) is 18.1. The molecule has 4 heteroatoms. The maximum Gasteiger partial charge on any atom is 0.258 e. The predicted molar refractivity (Wildman–Crippen MR) is 103 cm³/mol. The lowest BCUT2D eigenvalue weighted by Crippen LogP contribution is -2.35. The van der Waals surface area contributed by atoms with Crippen molar-refractivity contribution >= 4 is 11.6 Å². The van der Waals surface area contributed by atoms with Gasteiger partial charge in [0, 0.05) is 25.8 Å². The lowest BCUT2D eigenvalue weighted by Gasteiger charge is -2.19. The summed E-state index contributed by atoms with van der Waals surface area (Å²) in [5, 5.41) is 2.91. The van der Waals surface area contributed by atoms with Crippen molar-refractivity contribution in [1.82, 2.24) is 5.32 Å². The lowest BCUT2D eigenvalue weighted by molar-refractivity contribution is -0.123. The van der Waals surface area contributed by atoms with E-state index < -0.39 is 0 Å². The fourth-order valence-electron chi connectivity index (χ4n) is 2.61. The summed E-state index contributed by atoms with van der Waals surface area (Å²) in [5.41, 5.74) is 2.29. The summed E-state index contributed by atoms with van der Waals surface area (Å²) in [6.07, 6.45) is 1.04. The van der Waals surface area contributed by atoms with Crippen molar-refractivity contribution in [2.45, 2.75) is 26.2 Å². The Morgan fingerprint density at radius 1 is 1.12 bits per heavy atom. The van der Waals surface area contributed by atoms with Crippen molar-refractivity contribution in [3.05, 3.63) is 60.2 Å². The van der Waals surface area contributed by atoms with E-state index in [1.165, 1.54) is 0 Å². The van der Waals surface area contributed by atoms with E-state index in [1.54, 1.807) is 0 Å². The van der Waals surface area contributed by atoms with Gasteiger partial charge in [-0.2, -0.15) is 0 Å². The molecule has 0 saturated carbocycles. The monoisotopic (exact) mass is 340 g/mol. The Bertz CT molecular complexity index is 658. The van der Waals surface area contributed by atoms with E-state index in [4.69, 9.17) is 4.74 Å². The van der Waals surface area contributed by atoms with Crippen molar-refractivity contribution in [2.24, 2.45) is 0 Å². The van der Waals surface area contributed by atoms with Gasteiger partial charge in [0.15, 0.2) is 6.61 Å². The molecule has 0 bridgehead atoms. The number of carbonyl (C=O) groups excluding carboxylic acids is 1. The van der Waals surface area contributed by atoms with Gasteiger partial charge in [-0.15, -0.1) is 0 Å². The number of anilines is 1. The predicted octanol–water partition coefficient (Wildman–Crippen LogP) is 3.83. The number of amides is 1. The van der Waals surface area contributed by atoms with Crippen molar-refractivity contribution in [2.75, 3.05) is 31.6 Å². The molecule has 0 spiro atoms. The molecule has 4 nitrogen and oxygen atoms in total. The van der Waals surface area contributed by atoms with Gasteiger partial charge >= 0.3 is 0 Å². The van der Waals surface area contributed by atoms with E-state index >= 15 is 0 Å². The first-order valence-electron chi connectivity index (χ1n) is 8.86. The van der Waals surface area contributed by atoms with E-state index in [0.29, 0.717) is 12.5 Å². The molecule has 0 saturated heterocycles. The second-order valence-electron chi connectivity index (χ2n) is 6.24. The van der Waals surface area contributed by atoms with E-state index in [-0.39, 0.29) is 12.5 Å². The number of rotatable bonds is 9. The molecule has 134 valence electrons. The van der Waals surface area contributed by atoms with Gasteiger partial charge in [-0.3, -0.25) is 4.79 Å². The van der Waals surface area contributed by atoms with Crippen LogP contribution < -0.4 is 15.0 Å². The molecular formula is C21H28N2O2. The molecule has 0 aliphatic rings. The normalized spacial score (nSPS) is 11.6. The zero-order valence-electron chi connectivity index (χ0n) is 15.4. The lowest BCUT2D eigenvalue weighted by atomic mass is 9.98. The van der Waals surface area contributed by atoms with Crippen LogP contribution in [0.5, 0.6) is 5.75 Å². The molecule has 1 unspecified atom stereocenters. The van der Waals surface area contributed by atoms with Crippen LogP contribution in [0.15, 0.2) is 54.6 Å². The SMILES string of the molecule is CCC(C)c1ccccc1OCC(=O)NCCN(C)c1ccccc1. The number of hydrogen-bond acceptors (Lipinski definition) is 3. The number of para-hydroxylation sites is 2. The summed E-state index contributed by atoms with van der Waals surface area (Å²) in [4.78, 5) is 14.1. The Labute approximate surface area is 150 Å². The maximum atomic E-state index is 12.0. The number of benzene rings is 2. The molecule has 0 heterocycles. The van der Waals surface area contributed by atoms with Gasteiger partial charge in [0.1, 0.15) is 5.75 Å². The molecule has 1 atom stereocenters. The molecule has 0 aromatic heterocycles. The molecule has 0 fully saturated rings. The molecule has 0 aliphatic carbocycles. The highest BCUT2D eigenvalue weighted by Gasteiger charge is 2.11. The first-order valence-corrected chi connectivity index (χ1v) is 8.86. The van der Waals surface area contributed by atoms with Crippen LogP contribution in [0.3, 0.4) is 0 Å². The van der Waals surface area contributed by atoms with Crippen molar-refractivity contribution in [3.8, 4) is 5.75 Å². The topological polar surface area (TPSA) is 41.6 Å². The van der Waals surface area contributed by atoms with Crippen LogP contribution in [0.2, 0.25) is 0 Å². The van der Waals surface area contributed by atoms with Gasteiger partial charge in [-0.1, -0.05) is 50.2 Å². The van der Waals surface area contributed by atoms with E-state index in [2.05, 4.69) is 42.3 Å². The molecule has 25 heavy (non-hydrogen) atoms. The number of likely N-dealkylation sites (N-methyl/N-ethyl adjacent to an activating group) is 1. The molecule has 2 aromatic rings. The summed E-state index contributed by atoms with van der Waals surface area (Å²) in [5.74, 6) is 1.12. The van der Waals surface area contributed by atoms with E-state index in [1.807, 2.05) is 43.4 Å². The molecule has 0 radical (unpaired) electrons. The van der Waals surface area contributed by atoms with Gasteiger partial charge in [0.25, 0.3) is 5.91 Å². The molecule has 2 rings (SSSR count). The van der Waals surface area contributed by atoms with Gasteiger partial charge < -0.3 is 15.0 Å². The first-order chi connectivity index (χ1) is 12.1. The van der Waals surface area contributed by atoms with Crippen LogP contribution in [-0.4, -0.2) is 32.7 Å². The van der Waals surface area contributed by atoms with Crippen LogP contribution in [0.1, 0.15) is 31.7 Å². The highest BCUT2D eigenvalue weighted by molar-refractivity contribution is 5.77. The van der Waals surface area contributed by atoms with Crippen molar-refractivity contribution < 1.29 is 9.53 Å². The Hall–Kier alpha value is -2.49. The van der Waals surface area contributed by atoms with Crippen LogP contribution in [0.4, 0.5) is 5.69 Å². The van der Waals surface area contributed by atoms with Gasteiger partial charge in [0.05, 0.1) is 0 Å². The fraction of sp³-hybridized carbons (Fsp3) is 0.381. The second kappa shape index (κ2) is 9.72. The van der Waals surface area contributed by atoms with Gasteiger partial charge in [-0.05, 0) is 36.1 Å². The molecule has 1 amide bonds. The molecule has 0 aliphatic heterocycles. The Morgan fingerprint density at radius 2 is 1.80 bits per heavy atom. The minimum atomic E-state index is -0.0968. The Kier molecular flexibility index (Phi) is 7.33. The third kappa shape index (κ3) is 5.82. The summed E-state index contributed by atoms with van der Waals surface area (Å²) in [6.45, 7) is 5.70. The third-order valence-electron chi connectivity index (χ3n) is 4.39. The summed E-state index contributed by atoms with van der Waals surface area (Å²) in [7, 11) is 2.01. The molecular weight excluding hydrogens is 312 g/mol. The number of carbonyl (C=O) groups is 1. The smallest absolute Gasteiger partial charge is 0.258 e. The first kappa shape index (κ1) is 18.8. The zero-order chi connectivity index (χ0) is 18.1. The van der Waals surface area contributed by atoms with Crippen LogP contribution in [0.25, 0.3) is 0 Å². The van der Waals surface area contributed by atoms with Gasteiger partial charge in [0.2, 0.25) is 0 Å². The van der Waals surface area contributed by atoms with Crippen LogP contribution in [0, 0.1) is 0 Å². The average Bonchev–Trinajstić information content (AvgIpc) is 2.66. The highest BCUT2D eigenvalue weighted by Crippen LogP contribution is 2.28. The summed E-state index contributed by atoms with van der Waals surface area (Å²) < 4.78 is 5.74. The number of nitrogens with one attached hydrogen (secondary N) is 1. The van der Waals surface area contributed by atoms with E-state index in [0.717, 1.165) is 30.0 Å². The van der Waals surface area contributed by atoms with Crippen LogP contribution in [-0.2, 0) is 4.79 Å². The quantitative estimate of drug-likeness (QED) is 0.754. The number of hydrogen-bond donors (Lipinski definition) is 1. The third-order valence-corrected chi connectivity index (χ3v) is 4.39. The maximum absolute atomic E-state index is 12.0. The largest absolute Gasteiger partial charge is 0.483 e. The Morgan fingerprint density at radius 3 is 2.52 bits per heavy atom. The number of ether oxygens (including phenoxy) is 1. The zero-order valence-corrected chi connectivity index (χ0v) is 15.4. The van der Waals surface area contributed by atoms with E-state index in [9.17, 15) is 4.79 Å². The highest BCUT2D eigenvalue weighted by atomic mass is 16.5. The van der Waals surface area contributed by atoms with Crippen LogP contribution >= 0.6 is 0 Å². The Balaban J connectivity index is 1.76.